The van der Waals surface area contributed by atoms with E-state index in [4.69, 9.17) is 4.74 Å². The third-order valence-corrected chi connectivity index (χ3v) is 7.02. The Bertz CT molecular complexity index is 1170. The van der Waals surface area contributed by atoms with E-state index < -0.39 is 9.52 Å². The first-order valence-corrected chi connectivity index (χ1v) is 13.5. The molecule has 0 saturated carbocycles. The summed E-state index contributed by atoms with van der Waals surface area (Å²) in [6.45, 7) is 6.26. The van der Waals surface area contributed by atoms with Crippen molar-refractivity contribution in [1.82, 2.24) is 5.32 Å². The van der Waals surface area contributed by atoms with Gasteiger partial charge in [0, 0.05) is 43.1 Å². The van der Waals surface area contributed by atoms with Crippen LogP contribution in [0, 0.1) is 0 Å². The Hall–Kier alpha value is -3.19. The zero-order valence-electron chi connectivity index (χ0n) is 20.5. The molecular formula is C27H35N3O3S. The lowest BCUT2D eigenvalue weighted by molar-refractivity contribution is -0.118. The topological polar surface area (TPSA) is 61.9 Å². The van der Waals surface area contributed by atoms with Crippen LogP contribution in [0.5, 0.6) is 5.75 Å². The van der Waals surface area contributed by atoms with Crippen LogP contribution in [0.15, 0.2) is 71.4 Å². The molecule has 1 amide bonds. The first-order chi connectivity index (χ1) is 16.2. The molecule has 1 aliphatic rings. The number of carbonyl (C=O) groups excluding carboxylic acids is 1. The lowest BCUT2D eigenvalue weighted by Crippen LogP contribution is -2.34. The smallest absolute Gasteiger partial charge is 0.227 e. The number of ether oxygens (including phenoxy) is 1. The maximum absolute atomic E-state index is 12.9. The lowest BCUT2D eigenvalue weighted by Gasteiger charge is -2.32. The molecule has 0 aromatic heterocycles. The van der Waals surface area contributed by atoms with E-state index in [9.17, 15) is 9.00 Å². The average Bonchev–Trinajstić information content (AvgIpc) is 2.82. The van der Waals surface area contributed by atoms with Gasteiger partial charge in [-0.1, -0.05) is 18.2 Å². The Morgan fingerprint density at radius 2 is 2.00 bits per heavy atom. The SMILES string of the molecule is C=S(C)(=O)c1ccc(CCC(=O)N(C)c2ccc3c(c2)N(C/C(C)=C/N/C=C\C)CCO3)cc1. The minimum absolute atomic E-state index is 0.0374. The summed E-state index contributed by atoms with van der Waals surface area (Å²) in [5.74, 6) is 4.59. The number of anilines is 2. The van der Waals surface area contributed by atoms with Crippen molar-refractivity contribution in [2.45, 2.75) is 31.6 Å². The van der Waals surface area contributed by atoms with E-state index in [1.165, 1.54) is 5.57 Å². The number of nitrogens with zero attached hydrogens (tertiary/aromatic N) is 2. The van der Waals surface area contributed by atoms with Crippen molar-refractivity contribution >= 4 is 32.7 Å². The molecule has 34 heavy (non-hydrogen) atoms. The molecule has 1 N–H and O–H groups in total. The minimum Gasteiger partial charge on any atom is -0.490 e. The molecule has 0 fully saturated rings. The Morgan fingerprint density at radius 1 is 1.26 bits per heavy atom. The molecule has 1 atom stereocenters. The first kappa shape index (κ1) is 25.4. The summed E-state index contributed by atoms with van der Waals surface area (Å²) in [6, 6.07) is 13.4. The molecule has 182 valence electrons. The van der Waals surface area contributed by atoms with Crippen LogP contribution in [-0.4, -0.2) is 49.0 Å². The molecule has 0 radical (unpaired) electrons. The molecule has 0 aliphatic carbocycles. The van der Waals surface area contributed by atoms with E-state index in [-0.39, 0.29) is 5.91 Å². The van der Waals surface area contributed by atoms with Gasteiger partial charge >= 0.3 is 0 Å². The number of allylic oxidation sites excluding steroid dienone is 1. The van der Waals surface area contributed by atoms with Crippen LogP contribution in [-0.2, 0) is 20.7 Å². The van der Waals surface area contributed by atoms with Crippen molar-refractivity contribution in [2.75, 3.05) is 42.8 Å². The third-order valence-electron chi connectivity index (χ3n) is 5.75. The fourth-order valence-electron chi connectivity index (χ4n) is 3.77. The number of aryl methyl sites for hydroxylation is 1. The highest BCUT2D eigenvalue weighted by Crippen LogP contribution is 2.35. The van der Waals surface area contributed by atoms with E-state index in [0.29, 0.717) is 19.4 Å². The van der Waals surface area contributed by atoms with Crippen LogP contribution >= 0.6 is 0 Å². The number of carbonyl (C=O) groups is 1. The molecule has 7 heteroatoms. The van der Waals surface area contributed by atoms with Gasteiger partial charge in [-0.25, -0.2) is 0 Å². The van der Waals surface area contributed by atoms with Crippen molar-refractivity contribution < 1.29 is 13.7 Å². The quantitative estimate of drug-likeness (QED) is 0.544. The van der Waals surface area contributed by atoms with Crippen LogP contribution in [0.2, 0.25) is 0 Å². The van der Waals surface area contributed by atoms with Crippen molar-refractivity contribution in [2.24, 2.45) is 0 Å². The highest BCUT2D eigenvalue weighted by Gasteiger charge is 2.21. The van der Waals surface area contributed by atoms with Crippen LogP contribution in [0.3, 0.4) is 0 Å². The number of fused-ring (bicyclic) bond motifs is 1. The number of hydrogen-bond donors (Lipinski definition) is 1. The second kappa shape index (κ2) is 11.3. The number of nitrogens with one attached hydrogen (secondary N) is 1. The minimum atomic E-state index is -2.23. The molecular weight excluding hydrogens is 446 g/mol. The van der Waals surface area contributed by atoms with Crippen molar-refractivity contribution in [3.63, 3.8) is 0 Å². The molecule has 1 unspecified atom stereocenters. The van der Waals surface area contributed by atoms with Gasteiger partial charge in [-0.05, 0) is 83.3 Å². The Kier molecular flexibility index (Phi) is 8.45. The normalized spacial score (nSPS) is 15.4. The van der Waals surface area contributed by atoms with Gasteiger partial charge in [0.1, 0.15) is 12.4 Å². The van der Waals surface area contributed by atoms with Crippen molar-refractivity contribution in [1.29, 1.82) is 0 Å². The maximum Gasteiger partial charge on any atom is 0.227 e. The molecule has 2 aromatic rings. The van der Waals surface area contributed by atoms with Gasteiger partial charge < -0.3 is 19.9 Å². The van der Waals surface area contributed by atoms with Crippen LogP contribution in [0.25, 0.3) is 0 Å². The van der Waals surface area contributed by atoms with E-state index in [0.717, 1.165) is 40.7 Å². The van der Waals surface area contributed by atoms with Gasteiger partial charge in [-0.3, -0.25) is 9.00 Å². The molecule has 0 spiro atoms. The van der Waals surface area contributed by atoms with Crippen LogP contribution in [0.1, 0.15) is 25.8 Å². The van der Waals surface area contributed by atoms with E-state index >= 15 is 0 Å². The Morgan fingerprint density at radius 3 is 2.68 bits per heavy atom. The number of amides is 1. The second-order valence-corrected chi connectivity index (χ2v) is 11.2. The van der Waals surface area contributed by atoms with Gasteiger partial charge in [0.05, 0.1) is 12.2 Å². The predicted octanol–water partition coefficient (Wildman–Crippen LogP) is 4.21. The highest BCUT2D eigenvalue weighted by atomic mass is 32.2. The summed E-state index contributed by atoms with van der Waals surface area (Å²) in [5, 5.41) is 3.16. The van der Waals surface area contributed by atoms with Gasteiger partial charge in [0.15, 0.2) is 0 Å². The third kappa shape index (κ3) is 6.67. The zero-order valence-corrected chi connectivity index (χ0v) is 21.4. The number of hydrogen-bond acceptors (Lipinski definition) is 5. The van der Waals surface area contributed by atoms with E-state index in [1.54, 1.807) is 11.2 Å². The molecule has 0 saturated heterocycles. The monoisotopic (exact) mass is 481 g/mol. The van der Waals surface area contributed by atoms with Gasteiger partial charge in [-0.2, -0.15) is 0 Å². The summed E-state index contributed by atoms with van der Waals surface area (Å²) < 4.78 is 17.9. The van der Waals surface area contributed by atoms with Gasteiger partial charge in [0.2, 0.25) is 5.91 Å². The standard InChI is InChI=1S/C27H35N3O3S/c1-6-15-28-19-21(2)20-30-16-17-33-26-13-10-23(18-25(26)30)29(3)27(31)14-9-22-7-11-24(12-8-22)34(4,5)32/h6-8,10-13,15,18-19,28H,4,9,14,16-17,20H2,1-3,5H3/b15-6-,21-19+. The maximum atomic E-state index is 12.9. The molecule has 1 heterocycles. The average molecular weight is 482 g/mol. The summed E-state index contributed by atoms with van der Waals surface area (Å²) in [5.41, 5.74) is 4.07. The lowest BCUT2D eigenvalue weighted by atomic mass is 10.1. The van der Waals surface area contributed by atoms with Crippen LogP contribution < -0.4 is 19.9 Å². The van der Waals surface area contributed by atoms with Crippen molar-refractivity contribution in [3.8, 4) is 5.75 Å². The summed E-state index contributed by atoms with van der Waals surface area (Å²) in [7, 11) is -0.418. The highest BCUT2D eigenvalue weighted by molar-refractivity contribution is 7.99. The molecule has 0 bridgehead atoms. The van der Waals surface area contributed by atoms with E-state index in [2.05, 4.69) is 23.0 Å². The fourth-order valence-corrected chi connectivity index (χ4v) is 4.49. The second-order valence-electron chi connectivity index (χ2n) is 8.68. The molecule has 6 nitrogen and oxygen atoms in total. The number of rotatable bonds is 9. The van der Waals surface area contributed by atoms with Crippen molar-refractivity contribution in [3.05, 3.63) is 72.1 Å². The fraction of sp³-hybridized carbons (Fsp3) is 0.333. The zero-order chi connectivity index (χ0) is 24.7. The van der Waals surface area contributed by atoms with Gasteiger partial charge in [0.25, 0.3) is 0 Å². The first-order valence-electron chi connectivity index (χ1n) is 11.4. The number of benzene rings is 2. The molecule has 1 aliphatic heterocycles. The molecule has 2 aromatic carbocycles. The molecule has 3 rings (SSSR count). The summed E-state index contributed by atoms with van der Waals surface area (Å²) in [6.07, 6.45) is 8.48. The Labute approximate surface area is 203 Å². The predicted molar refractivity (Wildman–Crippen MR) is 143 cm³/mol. The largest absolute Gasteiger partial charge is 0.490 e. The summed E-state index contributed by atoms with van der Waals surface area (Å²) in [4.78, 5) is 17.6. The Balaban J connectivity index is 1.67. The summed E-state index contributed by atoms with van der Waals surface area (Å²) >= 11 is 0. The van der Waals surface area contributed by atoms with E-state index in [1.807, 2.05) is 74.9 Å². The van der Waals surface area contributed by atoms with Crippen LogP contribution in [0.4, 0.5) is 11.4 Å². The van der Waals surface area contributed by atoms with Gasteiger partial charge in [-0.15, -0.1) is 0 Å².